The molecule has 2 heterocycles. The molecular formula is C16H21FN2O3. The number of carbonyl (C=O) groups excluding carboxylic acids is 1. The molecule has 120 valence electrons. The zero-order chi connectivity index (χ0) is 15.7. The van der Waals surface area contributed by atoms with Gasteiger partial charge in [0.2, 0.25) is 0 Å². The minimum absolute atomic E-state index is 0.00158. The first-order chi connectivity index (χ1) is 10.6. The lowest BCUT2D eigenvalue weighted by atomic mass is 10.1. The van der Waals surface area contributed by atoms with Crippen LogP contribution >= 0.6 is 0 Å². The summed E-state index contributed by atoms with van der Waals surface area (Å²) in [7, 11) is 0. The van der Waals surface area contributed by atoms with E-state index in [0.29, 0.717) is 18.9 Å². The number of nitrogens with zero attached hydrogens (tertiary/aromatic N) is 1. The number of halogens is 1. The molecule has 1 saturated heterocycles. The van der Waals surface area contributed by atoms with Gasteiger partial charge >= 0.3 is 6.09 Å². The Morgan fingerprint density at radius 1 is 1.55 bits per heavy atom. The van der Waals surface area contributed by atoms with Crippen LogP contribution in [0.5, 0.6) is 5.75 Å². The Hall–Kier alpha value is -1.98. The van der Waals surface area contributed by atoms with E-state index in [9.17, 15) is 9.18 Å². The number of benzene rings is 1. The highest BCUT2D eigenvalue weighted by Gasteiger charge is 2.31. The molecule has 1 N–H and O–H groups in total. The van der Waals surface area contributed by atoms with E-state index in [1.54, 1.807) is 6.92 Å². The van der Waals surface area contributed by atoms with Crippen LogP contribution in [0.15, 0.2) is 12.1 Å². The predicted octanol–water partition coefficient (Wildman–Crippen LogP) is 2.47. The highest BCUT2D eigenvalue weighted by Crippen LogP contribution is 2.39. The lowest BCUT2D eigenvalue weighted by Crippen LogP contribution is -2.37. The maximum atomic E-state index is 13.8. The third kappa shape index (κ3) is 2.82. The Morgan fingerprint density at radius 3 is 3.14 bits per heavy atom. The van der Waals surface area contributed by atoms with Gasteiger partial charge in [-0.25, -0.2) is 9.18 Å². The summed E-state index contributed by atoms with van der Waals surface area (Å²) in [6, 6.07) is 3.32. The van der Waals surface area contributed by atoms with Gasteiger partial charge in [-0.2, -0.15) is 0 Å². The van der Waals surface area contributed by atoms with Crippen LogP contribution in [0.3, 0.4) is 0 Å². The van der Waals surface area contributed by atoms with Crippen LogP contribution in [0, 0.1) is 5.82 Å². The van der Waals surface area contributed by atoms with Crippen LogP contribution in [0.1, 0.15) is 25.8 Å². The third-order valence-electron chi connectivity index (χ3n) is 4.12. The zero-order valence-corrected chi connectivity index (χ0v) is 12.9. The number of fused-ring (bicyclic) bond motifs is 1. The van der Waals surface area contributed by atoms with E-state index in [1.165, 1.54) is 6.07 Å². The van der Waals surface area contributed by atoms with Crippen molar-refractivity contribution >= 4 is 11.8 Å². The maximum absolute atomic E-state index is 13.8. The summed E-state index contributed by atoms with van der Waals surface area (Å²) in [6.45, 7) is 5.61. The lowest BCUT2D eigenvalue weighted by Gasteiger charge is -2.21. The number of anilines is 1. The average molecular weight is 308 g/mol. The molecule has 0 aliphatic carbocycles. The lowest BCUT2D eigenvalue weighted by molar-refractivity contribution is 0.149. The Morgan fingerprint density at radius 2 is 2.36 bits per heavy atom. The number of ether oxygens (including phenoxy) is 2. The van der Waals surface area contributed by atoms with Crippen LogP contribution in [0.2, 0.25) is 0 Å². The second kappa shape index (κ2) is 6.02. The van der Waals surface area contributed by atoms with Crippen LogP contribution in [-0.4, -0.2) is 37.9 Å². The monoisotopic (exact) mass is 308 g/mol. The van der Waals surface area contributed by atoms with Crippen LogP contribution in [0.25, 0.3) is 0 Å². The van der Waals surface area contributed by atoms with Gasteiger partial charge in [-0.05, 0) is 32.4 Å². The number of amides is 1. The zero-order valence-electron chi connectivity index (χ0n) is 12.9. The van der Waals surface area contributed by atoms with E-state index < -0.39 is 0 Å². The van der Waals surface area contributed by atoms with Crippen LogP contribution < -0.4 is 15.0 Å². The first-order valence-corrected chi connectivity index (χ1v) is 7.74. The Balaban J connectivity index is 1.72. The molecule has 6 heteroatoms. The fourth-order valence-corrected chi connectivity index (χ4v) is 3.18. The molecule has 2 atom stereocenters. The molecule has 22 heavy (non-hydrogen) atoms. The third-order valence-corrected chi connectivity index (χ3v) is 4.12. The van der Waals surface area contributed by atoms with Gasteiger partial charge in [-0.3, -0.25) is 0 Å². The summed E-state index contributed by atoms with van der Waals surface area (Å²) >= 11 is 0. The van der Waals surface area contributed by atoms with E-state index in [-0.39, 0.29) is 24.1 Å². The average Bonchev–Trinajstić information content (AvgIpc) is 3.06. The van der Waals surface area contributed by atoms with Crippen molar-refractivity contribution in [2.75, 3.05) is 24.6 Å². The Bertz CT molecular complexity index is 579. The quantitative estimate of drug-likeness (QED) is 0.932. The molecule has 0 aromatic heterocycles. The largest absolute Gasteiger partial charge is 0.487 e. The Labute approximate surface area is 129 Å². The fraction of sp³-hybridized carbons (Fsp3) is 0.562. The number of carbonyl (C=O) groups is 1. The van der Waals surface area contributed by atoms with E-state index >= 15 is 0 Å². The van der Waals surface area contributed by atoms with E-state index in [0.717, 1.165) is 30.6 Å². The van der Waals surface area contributed by atoms with Crippen molar-refractivity contribution in [2.45, 2.75) is 38.8 Å². The first-order valence-electron chi connectivity index (χ1n) is 7.74. The SMILES string of the molecule is CCOC(=O)N[C@H]1CCN(c2ccc(F)c3c2CC(C)O3)C1. The predicted molar refractivity (Wildman–Crippen MR) is 81.0 cm³/mol. The molecule has 5 nitrogen and oxygen atoms in total. The standard InChI is InChI=1S/C16H21FN2O3/c1-3-21-16(20)18-11-6-7-19(9-11)14-5-4-13(17)15-12(14)8-10(2)22-15/h4-5,10-11H,3,6-9H2,1-2H3,(H,18,20)/t10?,11-/m0/s1. The summed E-state index contributed by atoms with van der Waals surface area (Å²) in [5, 5.41) is 2.86. The number of nitrogens with one attached hydrogen (secondary N) is 1. The van der Waals surface area contributed by atoms with E-state index in [2.05, 4.69) is 10.2 Å². The number of hydrogen-bond acceptors (Lipinski definition) is 4. The van der Waals surface area contributed by atoms with Crippen molar-refractivity contribution in [3.05, 3.63) is 23.5 Å². The van der Waals surface area contributed by atoms with E-state index in [1.807, 2.05) is 13.0 Å². The molecule has 2 aliphatic rings. The molecule has 1 fully saturated rings. The second-order valence-corrected chi connectivity index (χ2v) is 5.80. The molecule has 0 saturated carbocycles. The van der Waals surface area contributed by atoms with Gasteiger partial charge < -0.3 is 19.7 Å². The molecule has 0 bridgehead atoms. The van der Waals surface area contributed by atoms with Crippen molar-refractivity contribution in [2.24, 2.45) is 0 Å². The summed E-state index contributed by atoms with van der Waals surface area (Å²) in [5.41, 5.74) is 1.94. The topological polar surface area (TPSA) is 50.8 Å². The van der Waals surface area contributed by atoms with Gasteiger partial charge in [0, 0.05) is 30.8 Å². The van der Waals surface area contributed by atoms with Gasteiger partial charge in [0.1, 0.15) is 6.10 Å². The maximum Gasteiger partial charge on any atom is 0.407 e. The normalized spacial score (nSPS) is 23.1. The van der Waals surface area contributed by atoms with Crippen LogP contribution in [0.4, 0.5) is 14.9 Å². The van der Waals surface area contributed by atoms with Gasteiger partial charge in [-0.1, -0.05) is 0 Å². The molecule has 2 aliphatic heterocycles. The number of alkyl carbamates (subject to hydrolysis) is 1. The molecule has 0 radical (unpaired) electrons. The Kier molecular flexibility index (Phi) is 4.09. The van der Waals surface area contributed by atoms with Gasteiger partial charge in [0.25, 0.3) is 0 Å². The smallest absolute Gasteiger partial charge is 0.407 e. The molecule has 1 amide bonds. The van der Waals surface area contributed by atoms with Gasteiger partial charge in [0.15, 0.2) is 11.6 Å². The van der Waals surface area contributed by atoms with Gasteiger partial charge in [0.05, 0.1) is 12.6 Å². The molecule has 1 unspecified atom stereocenters. The first kappa shape index (κ1) is 14.9. The van der Waals surface area contributed by atoms with Crippen molar-refractivity contribution in [3.8, 4) is 5.75 Å². The fourth-order valence-electron chi connectivity index (χ4n) is 3.18. The number of hydrogen-bond donors (Lipinski definition) is 1. The van der Waals surface area contributed by atoms with Crippen molar-refractivity contribution < 1.29 is 18.7 Å². The minimum atomic E-state index is -0.379. The summed E-state index contributed by atoms with van der Waals surface area (Å²) in [6.07, 6.45) is 1.19. The molecule has 1 aromatic rings. The highest BCUT2D eigenvalue weighted by molar-refractivity contribution is 5.68. The summed E-state index contributed by atoms with van der Waals surface area (Å²) < 4.78 is 24.3. The molecular weight excluding hydrogens is 287 g/mol. The highest BCUT2D eigenvalue weighted by atomic mass is 19.1. The van der Waals surface area contributed by atoms with Gasteiger partial charge in [-0.15, -0.1) is 0 Å². The number of rotatable bonds is 3. The molecule has 3 rings (SSSR count). The van der Waals surface area contributed by atoms with Crippen molar-refractivity contribution in [1.82, 2.24) is 5.32 Å². The molecule has 1 aromatic carbocycles. The van der Waals surface area contributed by atoms with E-state index in [4.69, 9.17) is 9.47 Å². The minimum Gasteiger partial charge on any atom is -0.487 e. The summed E-state index contributed by atoms with van der Waals surface area (Å²) in [4.78, 5) is 13.7. The second-order valence-electron chi connectivity index (χ2n) is 5.80. The van der Waals surface area contributed by atoms with Crippen molar-refractivity contribution in [1.29, 1.82) is 0 Å². The van der Waals surface area contributed by atoms with Crippen LogP contribution in [-0.2, 0) is 11.2 Å². The van der Waals surface area contributed by atoms with Crippen molar-refractivity contribution in [3.63, 3.8) is 0 Å². The molecule has 0 spiro atoms. The summed E-state index contributed by atoms with van der Waals surface area (Å²) in [5.74, 6) is 0.0790.